The molecule has 167 valence electrons. The van der Waals surface area contributed by atoms with Crippen LogP contribution >= 0.6 is 0 Å². The number of amides is 1. The van der Waals surface area contributed by atoms with Crippen molar-refractivity contribution in [2.24, 2.45) is 5.92 Å². The van der Waals surface area contributed by atoms with E-state index in [0.717, 1.165) is 36.6 Å². The quantitative estimate of drug-likeness (QED) is 0.577. The third-order valence-electron chi connectivity index (χ3n) is 6.24. The molecule has 0 saturated heterocycles. The van der Waals surface area contributed by atoms with Gasteiger partial charge in [-0.3, -0.25) is 9.59 Å². The van der Waals surface area contributed by atoms with E-state index in [4.69, 9.17) is 0 Å². The molecule has 1 aromatic heterocycles. The van der Waals surface area contributed by atoms with Crippen molar-refractivity contribution < 1.29 is 9.18 Å². The van der Waals surface area contributed by atoms with E-state index in [2.05, 4.69) is 29.4 Å². The predicted molar refractivity (Wildman–Crippen MR) is 124 cm³/mol. The lowest BCUT2D eigenvalue weighted by atomic mass is 9.81. The zero-order valence-electron chi connectivity index (χ0n) is 18.6. The molecule has 1 saturated carbocycles. The molecule has 4 rings (SSSR count). The first-order chi connectivity index (χ1) is 15.4. The van der Waals surface area contributed by atoms with Crippen molar-refractivity contribution in [2.75, 3.05) is 0 Å². The fourth-order valence-electron chi connectivity index (χ4n) is 4.80. The van der Waals surface area contributed by atoms with Gasteiger partial charge in [-0.25, -0.2) is 9.49 Å². The third kappa shape index (κ3) is 5.06. The van der Waals surface area contributed by atoms with E-state index >= 15 is 0 Å². The van der Waals surface area contributed by atoms with E-state index in [9.17, 15) is 14.0 Å². The smallest absolute Gasteiger partial charge is 0.272 e. The predicted octanol–water partition coefficient (Wildman–Crippen LogP) is 4.95. The second-order valence-corrected chi connectivity index (χ2v) is 9.15. The zero-order chi connectivity index (χ0) is 22.7. The highest BCUT2D eigenvalue weighted by Crippen LogP contribution is 2.30. The van der Waals surface area contributed by atoms with Gasteiger partial charge in [0.1, 0.15) is 5.82 Å². The van der Waals surface area contributed by atoms with Gasteiger partial charge in [0.15, 0.2) is 0 Å². The molecule has 6 heteroatoms. The Labute approximate surface area is 187 Å². The van der Waals surface area contributed by atoms with Gasteiger partial charge in [0.2, 0.25) is 0 Å². The second kappa shape index (κ2) is 9.63. The molecule has 0 aliphatic heterocycles. The maximum absolute atomic E-state index is 14.5. The van der Waals surface area contributed by atoms with Gasteiger partial charge in [0.25, 0.3) is 11.5 Å². The Morgan fingerprint density at radius 2 is 1.94 bits per heavy atom. The number of aromatic nitrogens is 2. The van der Waals surface area contributed by atoms with Crippen molar-refractivity contribution in [3.05, 3.63) is 81.4 Å². The summed E-state index contributed by atoms with van der Waals surface area (Å²) < 4.78 is 14.5. The van der Waals surface area contributed by atoms with E-state index in [1.54, 1.807) is 24.3 Å². The lowest BCUT2D eigenvalue weighted by Gasteiger charge is -2.30. The van der Waals surface area contributed by atoms with Gasteiger partial charge in [0.05, 0.1) is 16.6 Å². The van der Waals surface area contributed by atoms with Crippen LogP contribution in [0.3, 0.4) is 0 Å². The maximum atomic E-state index is 14.5. The van der Waals surface area contributed by atoms with Gasteiger partial charge < -0.3 is 5.32 Å². The highest BCUT2D eigenvalue weighted by Gasteiger charge is 2.25. The highest BCUT2D eigenvalue weighted by atomic mass is 19.1. The van der Waals surface area contributed by atoms with E-state index in [1.165, 1.54) is 18.4 Å². The number of nitrogens with one attached hydrogen (secondary N) is 2. The average molecular weight is 435 g/mol. The van der Waals surface area contributed by atoms with Crippen molar-refractivity contribution in [2.45, 2.75) is 58.4 Å². The lowest BCUT2D eigenvalue weighted by molar-refractivity contribution is 0.0915. The summed E-state index contributed by atoms with van der Waals surface area (Å²) >= 11 is 0. The average Bonchev–Trinajstić information content (AvgIpc) is 2.77. The van der Waals surface area contributed by atoms with Crippen LogP contribution in [0.25, 0.3) is 10.8 Å². The van der Waals surface area contributed by atoms with Crippen LogP contribution < -0.4 is 10.9 Å². The minimum atomic E-state index is -0.532. The Bertz CT molecular complexity index is 1170. The molecule has 1 amide bonds. The first kappa shape index (κ1) is 22.2. The summed E-state index contributed by atoms with van der Waals surface area (Å²) in [6.07, 6.45) is 5.59. The van der Waals surface area contributed by atoms with Crippen LogP contribution in [0, 0.1) is 17.7 Å². The van der Waals surface area contributed by atoms with E-state index in [0.29, 0.717) is 23.4 Å². The van der Waals surface area contributed by atoms with Gasteiger partial charge in [-0.05, 0) is 54.9 Å². The number of halogens is 1. The summed E-state index contributed by atoms with van der Waals surface area (Å²) in [7, 11) is 0. The molecule has 1 heterocycles. The summed E-state index contributed by atoms with van der Waals surface area (Å²) in [5, 5.41) is 11.1. The van der Waals surface area contributed by atoms with Gasteiger partial charge in [-0.15, -0.1) is 0 Å². The molecule has 5 nitrogen and oxygen atoms in total. The molecule has 1 fully saturated rings. The number of hydrogen-bond donors (Lipinski definition) is 2. The molecule has 0 spiro atoms. The monoisotopic (exact) mass is 434 g/mol. The molecule has 2 unspecified atom stereocenters. The second-order valence-electron chi connectivity index (χ2n) is 9.15. The molecule has 1 aliphatic rings. The van der Waals surface area contributed by atoms with Crippen molar-refractivity contribution in [3.63, 3.8) is 0 Å². The largest absolute Gasteiger partial charge is 0.349 e. The topological polar surface area (TPSA) is 74.8 Å². The minimum absolute atomic E-state index is 0.0524. The molecular weight excluding hydrogens is 405 g/mol. The van der Waals surface area contributed by atoms with E-state index in [-0.39, 0.29) is 23.1 Å². The Morgan fingerprint density at radius 3 is 2.72 bits per heavy atom. The van der Waals surface area contributed by atoms with Crippen LogP contribution in [0.5, 0.6) is 0 Å². The van der Waals surface area contributed by atoms with Gasteiger partial charge in [-0.2, -0.15) is 5.10 Å². The fourth-order valence-corrected chi connectivity index (χ4v) is 4.80. The zero-order valence-corrected chi connectivity index (χ0v) is 18.6. The van der Waals surface area contributed by atoms with Crippen LogP contribution in [-0.2, 0) is 6.42 Å². The van der Waals surface area contributed by atoms with Gasteiger partial charge >= 0.3 is 0 Å². The summed E-state index contributed by atoms with van der Waals surface area (Å²) in [5.74, 6) is 1.08. The number of H-pyrrole nitrogens is 1. The molecule has 1 radical (unpaired) electrons. The molecule has 1 aliphatic carbocycles. The molecule has 3 aromatic rings. The van der Waals surface area contributed by atoms with E-state index < -0.39 is 5.82 Å². The molecule has 2 aromatic carbocycles. The Morgan fingerprint density at radius 1 is 1.16 bits per heavy atom. The summed E-state index contributed by atoms with van der Waals surface area (Å²) in [5.41, 5.74) is 1.25. The van der Waals surface area contributed by atoms with Crippen molar-refractivity contribution in [1.82, 2.24) is 15.5 Å². The maximum Gasteiger partial charge on any atom is 0.272 e. The number of hydrogen-bond acceptors (Lipinski definition) is 3. The number of nitrogens with zero attached hydrogens (tertiary/aromatic N) is 1. The first-order valence-electron chi connectivity index (χ1n) is 11.3. The van der Waals surface area contributed by atoms with E-state index in [1.807, 2.05) is 12.1 Å². The van der Waals surface area contributed by atoms with Crippen LogP contribution in [0.1, 0.15) is 67.6 Å². The summed E-state index contributed by atoms with van der Waals surface area (Å²) in [4.78, 5) is 24.9. The lowest BCUT2D eigenvalue weighted by Crippen LogP contribution is -2.39. The summed E-state index contributed by atoms with van der Waals surface area (Å²) in [6.45, 7) is 4.28. The minimum Gasteiger partial charge on any atom is -0.349 e. The number of benzene rings is 2. The van der Waals surface area contributed by atoms with Crippen LogP contribution in [0.2, 0.25) is 0 Å². The number of fused-ring (bicyclic) bond motifs is 1. The SMILES string of the molecule is C[C](C)CC1CCCC(NC(=O)c2cc(Cc3n[nH]c(=O)c4ccccc34)ccc2F)C1. The molecule has 2 N–H and O–H groups in total. The molecule has 2 atom stereocenters. The van der Waals surface area contributed by atoms with Crippen molar-refractivity contribution >= 4 is 16.7 Å². The first-order valence-corrected chi connectivity index (χ1v) is 11.3. The third-order valence-corrected chi connectivity index (χ3v) is 6.24. The molecule has 0 bridgehead atoms. The highest BCUT2D eigenvalue weighted by molar-refractivity contribution is 5.95. The fraction of sp³-hybridized carbons (Fsp3) is 0.385. The van der Waals surface area contributed by atoms with Crippen molar-refractivity contribution in [1.29, 1.82) is 0 Å². The van der Waals surface area contributed by atoms with Crippen LogP contribution in [0.15, 0.2) is 47.3 Å². The number of aromatic amines is 1. The molecular formula is C26H29FN3O2. The van der Waals surface area contributed by atoms with Crippen LogP contribution in [0.4, 0.5) is 4.39 Å². The van der Waals surface area contributed by atoms with Gasteiger partial charge in [0, 0.05) is 17.8 Å². The normalized spacial score (nSPS) is 18.8. The van der Waals surface area contributed by atoms with Gasteiger partial charge in [-0.1, -0.05) is 51.0 Å². The Hall–Kier alpha value is -3.02. The van der Waals surface area contributed by atoms with Crippen molar-refractivity contribution in [3.8, 4) is 0 Å². The summed E-state index contributed by atoms with van der Waals surface area (Å²) in [6, 6.07) is 11.9. The van der Waals surface area contributed by atoms with Crippen LogP contribution in [-0.4, -0.2) is 22.1 Å². The number of rotatable bonds is 6. The standard InChI is InChI=1S/C26H29FN3O2/c1-16(2)12-17-6-5-7-19(13-17)28-25(31)22-14-18(10-11-23(22)27)15-24-20-8-3-4-9-21(20)26(32)30-29-24/h3-4,8-11,14,17,19H,5-7,12-13,15H2,1-2H3,(H,28,31)(H,30,32). The number of carbonyl (C=O) groups excluding carboxylic acids is 1. The Balaban J connectivity index is 1.51. The molecule has 32 heavy (non-hydrogen) atoms. The Kier molecular flexibility index (Phi) is 6.68. The number of carbonyl (C=O) groups is 1.